The van der Waals surface area contributed by atoms with Crippen molar-refractivity contribution in [1.29, 1.82) is 0 Å². The van der Waals surface area contributed by atoms with Crippen LogP contribution in [0.1, 0.15) is 10.4 Å². The first-order valence-electron chi connectivity index (χ1n) is 6.39. The van der Waals surface area contributed by atoms with E-state index in [1.54, 1.807) is 6.07 Å². The number of benzene rings is 3. The van der Waals surface area contributed by atoms with Gasteiger partial charge in [-0.1, -0.05) is 54.6 Å². The van der Waals surface area contributed by atoms with Crippen LogP contribution in [0.15, 0.2) is 72.8 Å². The summed E-state index contributed by atoms with van der Waals surface area (Å²) in [6, 6.07) is 22.6. The second-order valence-corrected chi connectivity index (χ2v) is 4.54. The summed E-state index contributed by atoms with van der Waals surface area (Å²) in [5.74, 6) is 5.73. The summed E-state index contributed by atoms with van der Waals surface area (Å²) in [4.78, 5) is 12.6. The third kappa shape index (κ3) is 2.89. The van der Waals surface area contributed by atoms with E-state index in [2.05, 4.69) is 0 Å². The number of hydrogen-bond donors (Lipinski definition) is 1. The van der Waals surface area contributed by atoms with Crippen molar-refractivity contribution in [2.75, 3.05) is 5.01 Å². The molecule has 0 saturated heterocycles. The Morgan fingerprint density at radius 1 is 0.810 bits per heavy atom. The van der Waals surface area contributed by atoms with Crippen molar-refractivity contribution < 1.29 is 4.79 Å². The van der Waals surface area contributed by atoms with Crippen LogP contribution < -0.4 is 10.9 Å². The first-order chi connectivity index (χ1) is 9.77. The van der Waals surface area contributed by atoms with Crippen molar-refractivity contribution in [3.05, 3.63) is 78.4 Å². The molecule has 0 unspecified atom stereocenters. The van der Waals surface area contributed by atoms with Crippen LogP contribution >= 0.6 is 12.4 Å². The monoisotopic (exact) mass is 298 g/mol. The molecule has 0 atom stereocenters. The number of nitrogens with two attached hydrogens (primary N) is 1. The van der Waals surface area contributed by atoms with Gasteiger partial charge in [-0.25, -0.2) is 10.9 Å². The lowest BCUT2D eigenvalue weighted by Gasteiger charge is -2.17. The molecule has 0 aliphatic heterocycles. The van der Waals surface area contributed by atoms with E-state index < -0.39 is 0 Å². The lowest BCUT2D eigenvalue weighted by molar-refractivity contribution is 0.0988. The molecular formula is C17H15ClN2O. The highest BCUT2D eigenvalue weighted by Crippen LogP contribution is 2.21. The van der Waals surface area contributed by atoms with Gasteiger partial charge in [0.15, 0.2) is 0 Å². The maximum Gasteiger partial charge on any atom is 0.273 e. The quantitative estimate of drug-likeness (QED) is 0.444. The molecule has 1 amide bonds. The van der Waals surface area contributed by atoms with Crippen molar-refractivity contribution >= 4 is 34.8 Å². The molecule has 0 aromatic heterocycles. The molecular weight excluding hydrogens is 284 g/mol. The van der Waals surface area contributed by atoms with Crippen molar-refractivity contribution in [3.8, 4) is 0 Å². The van der Waals surface area contributed by atoms with Gasteiger partial charge < -0.3 is 0 Å². The maximum absolute atomic E-state index is 12.6. The van der Waals surface area contributed by atoms with Gasteiger partial charge in [0.05, 0.1) is 5.69 Å². The van der Waals surface area contributed by atoms with E-state index in [9.17, 15) is 4.79 Å². The normalized spacial score (nSPS) is 9.95. The summed E-state index contributed by atoms with van der Waals surface area (Å²) in [7, 11) is 0. The lowest BCUT2D eigenvalue weighted by Crippen LogP contribution is -2.37. The number of nitrogens with zero attached hydrogens (tertiary/aromatic N) is 1. The largest absolute Gasteiger partial charge is 0.273 e. The predicted molar refractivity (Wildman–Crippen MR) is 88.6 cm³/mol. The molecule has 3 rings (SSSR count). The number of carbonyl (C=O) groups excluding carboxylic acids is 1. The van der Waals surface area contributed by atoms with Crippen molar-refractivity contribution in [3.63, 3.8) is 0 Å². The van der Waals surface area contributed by atoms with Gasteiger partial charge in [0.2, 0.25) is 0 Å². The summed E-state index contributed by atoms with van der Waals surface area (Å²) >= 11 is 0. The number of carbonyl (C=O) groups is 1. The number of rotatable bonds is 2. The van der Waals surface area contributed by atoms with Gasteiger partial charge in [0, 0.05) is 5.56 Å². The summed E-state index contributed by atoms with van der Waals surface area (Å²) in [5.41, 5.74) is 1.28. The van der Waals surface area contributed by atoms with Gasteiger partial charge in [0.1, 0.15) is 0 Å². The van der Waals surface area contributed by atoms with Crippen LogP contribution in [0, 0.1) is 0 Å². The molecule has 0 radical (unpaired) electrons. The van der Waals surface area contributed by atoms with Gasteiger partial charge >= 0.3 is 0 Å². The van der Waals surface area contributed by atoms with Crippen LogP contribution in [0.5, 0.6) is 0 Å². The van der Waals surface area contributed by atoms with Crippen molar-refractivity contribution in [2.45, 2.75) is 0 Å². The van der Waals surface area contributed by atoms with E-state index in [0.717, 1.165) is 10.8 Å². The summed E-state index contributed by atoms with van der Waals surface area (Å²) in [6.07, 6.45) is 0. The molecule has 0 bridgehead atoms. The Morgan fingerprint density at radius 2 is 1.43 bits per heavy atom. The van der Waals surface area contributed by atoms with Crippen LogP contribution in [0.2, 0.25) is 0 Å². The molecule has 0 aliphatic carbocycles. The van der Waals surface area contributed by atoms with Gasteiger partial charge in [-0.15, -0.1) is 12.4 Å². The number of amides is 1. The van der Waals surface area contributed by atoms with E-state index in [1.165, 1.54) is 5.01 Å². The number of halogens is 1. The third-order valence-corrected chi connectivity index (χ3v) is 3.27. The highest BCUT2D eigenvalue weighted by atomic mass is 35.5. The van der Waals surface area contributed by atoms with Gasteiger partial charge in [-0.2, -0.15) is 0 Å². The topological polar surface area (TPSA) is 46.3 Å². The average molecular weight is 299 g/mol. The van der Waals surface area contributed by atoms with Gasteiger partial charge in [0.25, 0.3) is 5.91 Å². The predicted octanol–water partition coefficient (Wildman–Crippen LogP) is 3.78. The molecule has 3 nitrogen and oxygen atoms in total. The zero-order chi connectivity index (χ0) is 13.9. The number of anilines is 1. The average Bonchev–Trinajstić information content (AvgIpc) is 2.54. The molecule has 21 heavy (non-hydrogen) atoms. The Bertz CT molecular complexity index is 754. The Hall–Kier alpha value is -2.36. The fraction of sp³-hybridized carbons (Fsp3) is 0. The van der Waals surface area contributed by atoms with E-state index in [1.807, 2.05) is 66.7 Å². The Morgan fingerprint density at radius 3 is 2.19 bits per heavy atom. The molecule has 4 heteroatoms. The zero-order valence-corrected chi connectivity index (χ0v) is 12.1. The Kier molecular flexibility index (Phi) is 4.58. The third-order valence-electron chi connectivity index (χ3n) is 3.27. The molecule has 3 aromatic carbocycles. The number of hydrazine groups is 1. The second kappa shape index (κ2) is 6.39. The van der Waals surface area contributed by atoms with Crippen LogP contribution in [-0.4, -0.2) is 5.91 Å². The molecule has 3 aromatic rings. The highest BCUT2D eigenvalue weighted by molar-refractivity contribution is 6.13. The summed E-state index contributed by atoms with van der Waals surface area (Å²) in [6.45, 7) is 0. The maximum atomic E-state index is 12.6. The SMILES string of the molecule is Cl.NN(C(=O)c1cccc2ccccc12)c1ccccc1. The molecule has 0 spiro atoms. The standard InChI is InChI=1S/C17H14N2O.ClH/c18-19(14-9-2-1-3-10-14)17(20)16-12-6-8-13-7-4-5-11-15(13)16;/h1-12H,18H2;1H. The van der Waals surface area contributed by atoms with E-state index >= 15 is 0 Å². The minimum absolute atomic E-state index is 0. The molecule has 2 N–H and O–H groups in total. The molecule has 0 heterocycles. The molecule has 0 aliphatic rings. The number of fused-ring (bicyclic) bond motifs is 1. The number of hydrogen-bond acceptors (Lipinski definition) is 2. The Labute approximate surface area is 129 Å². The number of para-hydroxylation sites is 1. The second-order valence-electron chi connectivity index (χ2n) is 4.54. The minimum atomic E-state index is -0.215. The van der Waals surface area contributed by atoms with Crippen molar-refractivity contribution in [2.24, 2.45) is 5.84 Å². The summed E-state index contributed by atoms with van der Waals surface area (Å²) in [5, 5.41) is 3.12. The van der Waals surface area contributed by atoms with Crippen molar-refractivity contribution in [1.82, 2.24) is 0 Å². The molecule has 0 fully saturated rings. The first-order valence-corrected chi connectivity index (χ1v) is 6.39. The minimum Gasteiger partial charge on any atom is -0.267 e. The van der Waals surface area contributed by atoms with Crippen LogP contribution in [0.25, 0.3) is 10.8 Å². The van der Waals surface area contributed by atoms with Gasteiger partial charge in [-0.05, 0) is 29.0 Å². The van der Waals surface area contributed by atoms with E-state index in [-0.39, 0.29) is 18.3 Å². The highest BCUT2D eigenvalue weighted by Gasteiger charge is 2.16. The first kappa shape index (κ1) is 15.0. The van der Waals surface area contributed by atoms with E-state index in [4.69, 9.17) is 5.84 Å². The smallest absolute Gasteiger partial charge is 0.267 e. The molecule has 0 saturated carbocycles. The fourth-order valence-electron chi connectivity index (χ4n) is 2.25. The van der Waals surface area contributed by atoms with Crippen LogP contribution in [-0.2, 0) is 0 Å². The molecule has 106 valence electrons. The van der Waals surface area contributed by atoms with Crippen LogP contribution in [0.3, 0.4) is 0 Å². The Balaban J connectivity index is 0.00000161. The van der Waals surface area contributed by atoms with Crippen LogP contribution in [0.4, 0.5) is 5.69 Å². The fourth-order valence-corrected chi connectivity index (χ4v) is 2.25. The summed E-state index contributed by atoms with van der Waals surface area (Å²) < 4.78 is 0. The lowest BCUT2D eigenvalue weighted by atomic mass is 10.0. The zero-order valence-electron chi connectivity index (χ0n) is 11.3. The van der Waals surface area contributed by atoms with E-state index in [0.29, 0.717) is 11.3 Å². The van der Waals surface area contributed by atoms with Gasteiger partial charge in [-0.3, -0.25) is 4.79 Å².